The van der Waals surface area contributed by atoms with Crippen LogP contribution in [0.25, 0.3) is 9.69 Å². The molecule has 8 aliphatic rings. The second kappa shape index (κ2) is 62.5. The van der Waals surface area contributed by atoms with Crippen LogP contribution in [0.2, 0.25) is 0 Å². The Balaban J connectivity index is 0.000000223. The van der Waals surface area contributed by atoms with Gasteiger partial charge in [0.15, 0.2) is 0 Å². The first-order valence-electron chi connectivity index (χ1n) is 55.7. The number of fused-ring (bicyclic) bond motifs is 4. The van der Waals surface area contributed by atoms with Gasteiger partial charge in [-0.15, -0.1) is 0 Å². The molecule has 2 atom stereocenters. The maximum atomic E-state index is 13.0. The second-order valence-corrected chi connectivity index (χ2v) is 45.2. The molecule has 0 N–H and O–H groups in total. The Morgan fingerprint density at radius 1 is 0.320 bits per heavy atom. The third-order valence-electron chi connectivity index (χ3n) is 29.6. The smallest absolute Gasteiger partial charge is 0.306 e. The third kappa shape index (κ3) is 36.2. The molecule has 10 amide bonds. The number of likely N-dealkylation sites (tertiary alicyclic amines) is 4. The van der Waals surface area contributed by atoms with Crippen molar-refractivity contribution in [1.29, 1.82) is 0 Å². The third-order valence-corrected chi connectivity index (χ3v) is 34.0. The summed E-state index contributed by atoms with van der Waals surface area (Å²) in [4.78, 5) is 193. The van der Waals surface area contributed by atoms with Gasteiger partial charge in [-0.3, -0.25) is 77.1 Å². The van der Waals surface area contributed by atoms with Crippen molar-refractivity contribution in [3.63, 3.8) is 0 Å². The van der Waals surface area contributed by atoms with E-state index in [1.54, 1.807) is 84.9 Å². The quantitative estimate of drug-likeness (QED) is 0.0130. The summed E-state index contributed by atoms with van der Waals surface area (Å²) in [6, 6.07) is 29.0. The fraction of sp³-hybridized carbons (Fsp3) is 0.655. The summed E-state index contributed by atoms with van der Waals surface area (Å²) >= 11 is 0. The molecule has 0 aliphatic carbocycles. The molecular formula is C116H170N12O20P2. The number of carbonyl (C=O) groups excluding carboxylic acids is 14. The van der Waals surface area contributed by atoms with Crippen molar-refractivity contribution in [3.05, 3.63) is 164 Å². The summed E-state index contributed by atoms with van der Waals surface area (Å²) in [5.74, 6) is -1.98. The number of benzene rings is 4. The average Bonchev–Trinajstić information content (AvgIpc) is 1.83. The van der Waals surface area contributed by atoms with E-state index in [1.165, 1.54) is 33.4 Å². The lowest BCUT2D eigenvalue weighted by Gasteiger charge is -2.46. The van der Waals surface area contributed by atoms with Crippen molar-refractivity contribution in [2.45, 2.75) is 375 Å². The number of esters is 2. The van der Waals surface area contributed by atoms with Crippen molar-refractivity contribution in [2.75, 3.05) is 118 Å². The summed E-state index contributed by atoms with van der Waals surface area (Å²) in [7, 11) is -2.57. The van der Waals surface area contributed by atoms with Crippen molar-refractivity contribution in [3.8, 4) is 0 Å². The normalized spacial score (nSPS) is 17.5. The van der Waals surface area contributed by atoms with E-state index in [1.807, 2.05) is 28.9 Å². The predicted octanol–water partition coefficient (Wildman–Crippen LogP) is 21.4. The number of rotatable bonds is 58. The lowest BCUT2D eigenvalue weighted by atomic mass is 9.86. The SMILES string of the molecule is CCCC1(OC(=O)CCC(C)=O)CCN(C(=O)CCCCCN2C(=O)c3ccccc3C2=O)CC1.CCCC1(OC(=O)CCC(C)=O)CCN(CCCCCCN2C(=O)c3ccccc3C2=O)CC1.[C-]#[N+]CCOP(OC1(CCC)CCN(C(=O)CCCCCN2C(=O)c3ccccc3C2=O)CC1)N(C(C)C)C(C)C.[C-]#[N+]CCOP(OC1(CCC)CCN(CCCCCCN2C(=O)c3ccccc3C2=O)CC1)N(C(C)C)C(C)C. The van der Waals surface area contributed by atoms with Crippen LogP contribution in [0, 0.1) is 13.1 Å². The molecule has 4 saturated heterocycles. The molecule has 8 heterocycles. The lowest BCUT2D eigenvalue weighted by molar-refractivity contribution is -0.168. The minimum absolute atomic E-state index is 0.0139. The monoisotopic (exact) mass is 2110 g/mol. The zero-order chi connectivity index (χ0) is 109. The number of Topliss-reactive ketones (excluding diaryl/α,β-unsaturated/α-hetero) is 2. The Bertz CT molecular complexity index is 5040. The van der Waals surface area contributed by atoms with Crippen molar-refractivity contribution < 1.29 is 94.7 Å². The van der Waals surface area contributed by atoms with E-state index in [4.69, 9.17) is 40.7 Å². The van der Waals surface area contributed by atoms with Crippen LogP contribution in [0.5, 0.6) is 0 Å². The first-order chi connectivity index (χ1) is 72.0. The fourth-order valence-electron chi connectivity index (χ4n) is 21.6. The molecule has 4 aromatic rings. The maximum Gasteiger partial charge on any atom is 0.306 e. The number of nitrogens with zero attached hydrogens (tertiary/aromatic N) is 12. The van der Waals surface area contributed by atoms with Crippen molar-refractivity contribution in [2.24, 2.45) is 0 Å². The molecule has 4 fully saturated rings. The number of carbonyl (C=O) groups is 14. The standard InChI is InChI=1S/C31H47N4O5P.C31H49N4O4P.C27H36N2O6.C27H38N2O5/c1-7-16-31(40-41(39-23-19-32-6)35(24(2)3)25(4)5)17-21-33(22-18-31)28(36)15-9-8-12-20-34-29(37)26-13-10-11-14-27(26)30(34)38;1-7-16-31(39-40(38-24-19-32-6)35(25(2)3)26(4)5)17-22-33(23-18-31)20-12-8-9-13-21-34-29(36)27-14-10-11-15-28(27)30(34)37;1-3-14-27(35-24(32)13-12-20(2)30)15-18-28(19-16-27)23(31)11-5-4-8-17-29-25(33)21-9-6-7-10-22(21)26(29)34;1-3-14-27(34-24(31)13-12-21(2)30)15-19-28(20-16-27)17-8-4-5-9-18-29-25(32)22-10-6-7-11-23(22)26(29)33/h10-11,13-14,24-25H,7-9,12,15-23H2,1-5H3;10-11,14-15,25-26H,7-9,12-13,16-24H2,1-5H3;6-7,9-10H,3-5,8,11-19H2,1-2H3;6-7,10-11H,3-5,8-9,12-20H2,1-2H3. The van der Waals surface area contributed by atoms with Gasteiger partial charge in [0.2, 0.25) is 24.9 Å². The summed E-state index contributed by atoms with van der Waals surface area (Å²) in [6.07, 6.45) is 27.7. The molecule has 0 radical (unpaired) electrons. The van der Waals surface area contributed by atoms with Crippen LogP contribution >= 0.6 is 17.1 Å². The number of hydrogen-bond donors (Lipinski definition) is 0. The van der Waals surface area contributed by atoms with Gasteiger partial charge >= 0.3 is 11.9 Å². The van der Waals surface area contributed by atoms with Crippen LogP contribution in [-0.2, 0) is 56.3 Å². The van der Waals surface area contributed by atoms with Crippen molar-refractivity contribution >= 4 is 99.6 Å². The fourth-order valence-corrected chi connectivity index (χ4v) is 25.3. The molecule has 0 aromatic heterocycles. The average molecular weight is 2110 g/mol. The number of amides is 10. The zero-order valence-electron chi connectivity index (χ0n) is 92.2. The molecule has 4 aromatic carbocycles. The van der Waals surface area contributed by atoms with Gasteiger partial charge in [0.25, 0.3) is 64.3 Å². The minimum Gasteiger partial charge on any atom is -0.459 e. The van der Waals surface area contributed by atoms with Crippen molar-refractivity contribution in [1.82, 2.24) is 48.5 Å². The first-order valence-corrected chi connectivity index (χ1v) is 57.9. The molecular weight excluding hydrogens is 1940 g/mol. The van der Waals surface area contributed by atoms with Gasteiger partial charge in [0.05, 0.1) is 68.6 Å². The molecule has 150 heavy (non-hydrogen) atoms. The topological polar surface area (TPSA) is 335 Å². The van der Waals surface area contributed by atoms with Crippen LogP contribution < -0.4 is 0 Å². The zero-order valence-corrected chi connectivity index (χ0v) is 93.9. The number of ether oxygens (including phenoxy) is 2. The van der Waals surface area contributed by atoms with E-state index in [0.717, 1.165) is 200 Å². The molecule has 2 unspecified atom stereocenters. The largest absolute Gasteiger partial charge is 0.459 e. The van der Waals surface area contributed by atoms with E-state index in [2.05, 4.69) is 105 Å². The molecule has 0 spiro atoms. The highest BCUT2D eigenvalue weighted by Gasteiger charge is 2.47. The lowest BCUT2D eigenvalue weighted by Crippen LogP contribution is -2.48. The highest BCUT2D eigenvalue weighted by Crippen LogP contribution is 2.55. The number of unbranched alkanes of at least 4 members (excludes halogenated alkanes) is 10. The Labute approximate surface area is 894 Å². The first kappa shape index (κ1) is 124. The number of imide groups is 4. The Morgan fingerprint density at radius 2 is 0.547 bits per heavy atom. The second-order valence-electron chi connectivity index (χ2n) is 42.4. The maximum absolute atomic E-state index is 13.0. The van der Waals surface area contributed by atoms with Gasteiger partial charge in [0.1, 0.15) is 36.0 Å². The van der Waals surface area contributed by atoms with Crippen LogP contribution in [0.3, 0.4) is 0 Å². The van der Waals surface area contributed by atoms with E-state index < -0.39 is 22.7 Å². The Kier molecular flexibility index (Phi) is 51.5. The van der Waals surface area contributed by atoms with Gasteiger partial charge < -0.3 is 66.4 Å². The molecule has 34 heteroatoms. The highest BCUT2D eigenvalue weighted by atomic mass is 31.2. The van der Waals surface area contributed by atoms with Gasteiger partial charge in [-0.25, -0.2) is 22.5 Å². The summed E-state index contributed by atoms with van der Waals surface area (Å²) in [6.45, 7) is 54.6. The molecule has 8 aliphatic heterocycles. The van der Waals surface area contributed by atoms with Crippen LogP contribution in [0.15, 0.2) is 97.1 Å². The molecule has 0 bridgehead atoms. The van der Waals surface area contributed by atoms with Gasteiger partial charge in [0, 0.05) is 141 Å². The van der Waals surface area contributed by atoms with E-state index >= 15 is 0 Å². The van der Waals surface area contributed by atoms with E-state index in [9.17, 15) is 67.1 Å². The number of hydrogen-bond acceptors (Lipinski definition) is 24. The summed E-state index contributed by atoms with van der Waals surface area (Å²) in [5.41, 5.74) is 2.51. The van der Waals surface area contributed by atoms with Crippen LogP contribution in [-0.4, -0.2) is 296 Å². The predicted molar refractivity (Wildman–Crippen MR) is 582 cm³/mol. The van der Waals surface area contributed by atoms with Crippen LogP contribution in [0.4, 0.5) is 0 Å². The highest BCUT2D eigenvalue weighted by molar-refractivity contribution is 7.45. The van der Waals surface area contributed by atoms with E-state index in [0.29, 0.717) is 180 Å². The number of ketones is 2. The minimum atomic E-state index is -1.33. The molecule has 32 nitrogen and oxygen atoms in total. The van der Waals surface area contributed by atoms with Crippen LogP contribution in [0.1, 0.15) is 411 Å². The van der Waals surface area contributed by atoms with E-state index in [-0.39, 0.29) is 137 Å². The summed E-state index contributed by atoms with van der Waals surface area (Å²) < 4.78 is 42.5. The summed E-state index contributed by atoms with van der Waals surface area (Å²) in [5, 5.41) is 0. The molecule has 12 rings (SSSR count). The molecule has 0 saturated carbocycles. The van der Waals surface area contributed by atoms with Gasteiger partial charge in [-0.2, -0.15) is 0 Å². The Morgan fingerprint density at radius 3 is 0.787 bits per heavy atom. The Hall–Kier alpha value is -9.82. The van der Waals surface area contributed by atoms with Gasteiger partial charge in [-0.1, -0.05) is 140 Å². The van der Waals surface area contributed by atoms with Gasteiger partial charge in [-0.05, 0) is 246 Å². The number of piperidine rings is 4. The molecule has 824 valence electrons.